The number of amides is 3. The van der Waals surface area contributed by atoms with E-state index in [2.05, 4.69) is 38.7 Å². The second kappa shape index (κ2) is 11.4. The Labute approximate surface area is 271 Å². The Morgan fingerprint density at radius 1 is 0.933 bits per heavy atom. The molecule has 0 spiro atoms. The molecule has 2 aromatic heterocycles. The molecule has 9 nitrogen and oxygen atoms in total. The van der Waals surface area contributed by atoms with Crippen molar-refractivity contribution in [3.63, 3.8) is 0 Å². The number of hydrogen-bond acceptors (Lipinski definition) is 7. The van der Waals surface area contributed by atoms with Gasteiger partial charge in [-0.3, -0.25) is 14.4 Å². The molecule has 1 unspecified atom stereocenters. The summed E-state index contributed by atoms with van der Waals surface area (Å²) >= 11 is 1.22. The van der Waals surface area contributed by atoms with Crippen LogP contribution in [0, 0.1) is 29.1 Å². The molecule has 2 aromatic rings. The summed E-state index contributed by atoms with van der Waals surface area (Å²) < 4.78 is 3.01. The fourth-order valence-corrected chi connectivity index (χ4v) is 10.8. The zero-order valence-corrected chi connectivity index (χ0v) is 27.6. The highest BCUT2D eigenvalue weighted by atomic mass is 32.2. The maximum Gasteiger partial charge on any atom is 0.325 e. The number of carbonyl (C=O) groups excluding carboxylic acids is 2. The minimum Gasteiger partial charge on any atom is -0.370 e. The number of anilines is 3. The van der Waals surface area contributed by atoms with Gasteiger partial charge in [-0.15, -0.1) is 0 Å². The third-order valence-corrected chi connectivity index (χ3v) is 12.6. The Kier molecular flexibility index (Phi) is 7.42. The average molecular weight is 630 g/mol. The van der Waals surface area contributed by atoms with Gasteiger partial charge in [0.2, 0.25) is 0 Å². The van der Waals surface area contributed by atoms with Gasteiger partial charge in [0.25, 0.3) is 5.91 Å². The molecule has 2 saturated heterocycles. The first-order valence-corrected chi connectivity index (χ1v) is 18.1. The third kappa shape index (κ3) is 5.65. The van der Waals surface area contributed by atoms with E-state index in [4.69, 9.17) is 4.98 Å². The molecular formula is C35H47N7O2S. The lowest BCUT2D eigenvalue weighted by molar-refractivity contribution is -0.0592. The van der Waals surface area contributed by atoms with Crippen molar-refractivity contribution in [2.24, 2.45) is 29.1 Å². The molecule has 240 valence electrons. The number of urea groups is 1. The SMILES string of the molecule is CC1(C)CC2CCCNc3cccc(n3)SNC(=O)c3ccc(N4CCN(CCC56CC7CC(CC(C7)C5)C6)C4=O)nc3N1C2. The summed E-state index contributed by atoms with van der Waals surface area (Å²) in [6.07, 6.45) is 12.8. The number of fused-ring (bicyclic) bond motifs is 6. The van der Waals surface area contributed by atoms with Crippen LogP contribution >= 0.6 is 11.9 Å². The summed E-state index contributed by atoms with van der Waals surface area (Å²) in [5.74, 6) is 5.23. The van der Waals surface area contributed by atoms with Crippen LogP contribution < -0.4 is 19.8 Å². The summed E-state index contributed by atoms with van der Waals surface area (Å²) in [4.78, 5) is 43.5. The van der Waals surface area contributed by atoms with Gasteiger partial charge in [-0.05, 0) is 131 Å². The number of nitrogens with zero attached hydrogens (tertiary/aromatic N) is 5. The lowest BCUT2D eigenvalue weighted by Gasteiger charge is -2.57. The maximum atomic E-state index is 13.8. The van der Waals surface area contributed by atoms with Gasteiger partial charge in [-0.2, -0.15) is 0 Å². The molecule has 4 aliphatic carbocycles. The predicted molar refractivity (Wildman–Crippen MR) is 179 cm³/mol. The Bertz CT molecular complexity index is 1440. The Morgan fingerprint density at radius 3 is 2.49 bits per heavy atom. The van der Waals surface area contributed by atoms with Crippen LogP contribution in [0.1, 0.15) is 88.4 Å². The second-order valence-electron chi connectivity index (χ2n) is 15.6. The van der Waals surface area contributed by atoms with Crippen molar-refractivity contribution in [1.82, 2.24) is 19.6 Å². The van der Waals surface area contributed by atoms with E-state index in [1.54, 1.807) is 0 Å². The van der Waals surface area contributed by atoms with E-state index in [1.807, 2.05) is 35.2 Å². The van der Waals surface area contributed by atoms with Crippen LogP contribution in [0.4, 0.5) is 22.2 Å². The second-order valence-corrected chi connectivity index (χ2v) is 16.4. The first-order chi connectivity index (χ1) is 21.7. The van der Waals surface area contributed by atoms with Gasteiger partial charge in [0, 0.05) is 50.2 Å². The van der Waals surface area contributed by atoms with Crippen molar-refractivity contribution in [1.29, 1.82) is 0 Å². The number of aromatic nitrogens is 2. The van der Waals surface area contributed by atoms with E-state index in [-0.39, 0.29) is 17.5 Å². The molecule has 5 heterocycles. The highest BCUT2D eigenvalue weighted by Crippen LogP contribution is 2.61. The van der Waals surface area contributed by atoms with Crippen LogP contribution in [0.2, 0.25) is 0 Å². The van der Waals surface area contributed by atoms with E-state index < -0.39 is 0 Å². The van der Waals surface area contributed by atoms with Crippen LogP contribution in [0.5, 0.6) is 0 Å². The maximum absolute atomic E-state index is 13.8. The molecule has 10 heteroatoms. The molecule has 6 fully saturated rings. The monoisotopic (exact) mass is 629 g/mol. The molecule has 3 aliphatic heterocycles. The van der Waals surface area contributed by atoms with Crippen LogP contribution in [-0.4, -0.2) is 65.1 Å². The van der Waals surface area contributed by atoms with E-state index in [0.717, 1.165) is 80.5 Å². The first-order valence-electron chi connectivity index (χ1n) is 17.3. The van der Waals surface area contributed by atoms with E-state index in [1.165, 1.54) is 50.5 Å². The topological polar surface area (TPSA) is 93.7 Å². The largest absolute Gasteiger partial charge is 0.370 e. The lowest BCUT2D eigenvalue weighted by atomic mass is 9.49. The van der Waals surface area contributed by atoms with E-state index in [0.29, 0.717) is 35.1 Å². The Balaban J connectivity index is 1.03. The van der Waals surface area contributed by atoms with Crippen molar-refractivity contribution in [2.45, 2.75) is 88.6 Å². The highest BCUT2D eigenvalue weighted by Gasteiger charge is 2.51. The zero-order valence-electron chi connectivity index (χ0n) is 26.8. The fourth-order valence-electron chi connectivity index (χ4n) is 10.2. The van der Waals surface area contributed by atoms with Gasteiger partial charge >= 0.3 is 6.03 Å². The lowest BCUT2D eigenvalue weighted by Crippen LogP contribution is -2.47. The van der Waals surface area contributed by atoms with Gasteiger partial charge in [0.05, 0.1) is 5.56 Å². The van der Waals surface area contributed by atoms with Crippen molar-refractivity contribution in [2.75, 3.05) is 47.8 Å². The quantitative estimate of drug-likeness (QED) is 0.370. The standard InChI is InChI=1S/C35H47N7O2S/c1-34(2)18-23-5-4-11-36-28-6-3-7-30(37-28)45-39-32(43)27-8-9-29(38-31(27)42(34)22-23)41-14-13-40(33(41)44)12-10-35-19-24-15-25(20-35)17-26(16-24)21-35/h3,6-9,23-26H,4-5,10-22H2,1-2H3,(H,36,37)(H,39,43). The summed E-state index contributed by atoms with van der Waals surface area (Å²) in [5.41, 5.74) is 0.841. The first kappa shape index (κ1) is 29.4. The summed E-state index contributed by atoms with van der Waals surface area (Å²) in [6, 6.07) is 9.61. The summed E-state index contributed by atoms with van der Waals surface area (Å²) in [7, 11) is 0. The smallest absolute Gasteiger partial charge is 0.325 e. The summed E-state index contributed by atoms with van der Waals surface area (Å²) in [6.45, 7) is 8.42. The van der Waals surface area contributed by atoms with E-state index >= 15 is 0 Å². The molecule has 3 amide bonds. The molecule has 0 radical (unpaired) electrons. The van der Waals surface area contributed by atoms with Crippen molar-refractivity contribution in [3.05, 3.63) is 35.9 Å². The van der Waals surface area contributed by atoms with Gasteiger partial charge in [0.1, 0.15) is 22.5 Å². The summed E-state index contributed by atoms with van der Waals surface area (Å²) in [5, 5.41) is 4.17. The Hall–Kier alpha value is -3.01. The number of rotatable bonds is 4. The number of hydrogen-bond donors (Lipinski definition) is 2. The van der Waals surface area contributed by atoms with Gasteiger partial charge < -0.3 is 15.1 Å². The molecule has 7 aliphatic rings. The molecule has 8 bridgehead atoms. The van der Waals surface area contributed by atoms with E-state index in [9.17, 15) is 9.59 Å². The number of pyridine rings is 2. The highest BCUT2D eigenvalue weighted by molar-refractivity contribution is 7.97. The fraction of sp³-hybridized carbons (Fsp3) is 0.657. The molecule has 0 aromatic carbocycles. The van der Waals surface area contributed by atoms with Crippen LogP contribution in [0.15, 0.2) is 35.4 Å². The van der Waals surface area contributed by atoms with Crippen LogP contribution in [0.3, 0.4) is 0 Å². The molecule has 45 heavy (non-hydrogen) atoms. The molecule has 4 saturated carbocycles. The minimum atomic E-state index is -0.201. The van der Waals surface area contributed by atoms with Crippen molar-refractivity contribution in [3.8, 4) is 0 Å². The minimum absolute atomic E-state index is 0.0568. The third-order valence-electron chi connectivity index (χ3n) is 11.8. The molecule has 1 atom stereocenters. The van der Waals surface area contributed by atoms with Gasteiger partial charge in [0.15, 0.2) is 0 Å². The number of carbonyl (C=O) groups is 2. The van der Waals surface area contributed by atoms with Crippen LogP contribution in [0.25, 0.3) is 0 Å². The normalized spacial score (nSPS) is 32.2. The van der Waals surface area contributed by atoms with Crippen LogP contribution in [-0.2, 0) is 0 Å². The molecule has 9 rings (SSSR count). The predicted octanol–water partition coefficient (Wildman–Crippen LogP) is 6.57. The number of nitrogens with one attached hydrogen (secondary N) is 2. The molecule has 2 N–H and O–H groups in total. The van der Waals surface area contributed by atoms with Gasteiger partial charge in [-0.1, -0.05) is 6.07 Å². The Morgan fingerprint density at radius 2 is 1.71 bits per heavy atom. The molecular weight excluding hydrogens is 582 g/mol. The van der Waals surface area contributed by atoms with Gasteiger partial charge in [-0.25, -0.2) is 14.8 Å². The van der Waals surface area contributed by atoms with Crippen molar-refractivity contribution < 1.29 is 9.59 Å². The zero-order chi connectivity index (χ0) is 30.8. The average Bonchev–Trinajstić information content (AvgIpc) is 3.53. The van der Waals surface area contributed by atoms with Crippen molar-refractivity contribution >= 4 is 41.3 Å².